The molecule has 3 N–H and O–H groups in total. The Balaban J connectivity index is 2.00. The number of nitrogens with two attached hydrogens (primary N) is 1. The molecule has 1 amide bonds. The van der Waals surface area contributed by atoms with Gasteiger partial charge >= 0.3 is 0 Å². The van der Waals surface area contributed by atoms with Gasteiger partial charge in [0, 0.05) is 17.8 Å². The van der Waals surface area contributed by atoms with Gasteiger partial charge in [0.2, 0.25) is 11.9 Å². The molecule has 0 radical (unpaired) electrons. The second-order valence-corrected chi connectivity index (χ2v) is 6.01. The first-order valence-corrected chi connectivity index (χ1v) is 8.33. The summed E-state index contributed by atoms with van der Waals surface area (Å²) < 4.78 is 13.1. The van der Waals surface area contributed by atoms with Crippen LogP contribution in [0.15, 0.2) is 53.5 Å². The molecule has 0 aromatic heterocycles. The summed E-state index contributed by atoms with van der Waals surface area (Å²) >= 11 is 0. The van der Waals surface area contributed by atoms with E-state index in [1.165, 1.54) is 12.1 Å². The van der Waals surface area contributed by atoms with Crippen molar-refractivity contribution in [3.8, 4) is 0 Å². The number of para-hydroxylation sites is 1. The van der Waals surface area contributed by atoms with Crippen LogP contribution in [0.2, 0.25) is 0 Å². The van der Waals surface area contributed by atoms with Gasteiger partial charge in [0.05, 0.1) is 18.2 Å². The van der Waals surface area contributed by atoms with Crippen LogP contribution in [-0.4, -0.2) is 23.3 Å². The van der Waals surface area contributed by atoms with E-state index >= 15 is 0 Å². The zero-order valence-corrected chi connectivity index (χ0v) is 14.1. The fraction of sp³-hybridized carbons (Fsp3) is 0.263. The van der Waals surface area contributed by atoms with Crippen LogP contribution < -0.4 is 11.1 Å². The molecule has 1 aliphatic rings. The molecule has 6 heteroatoms. The Bertz CT molecular complexity index is 788. The summed E-state index contributed by atoms with van der Waals surface area (Å²) in [5.41, 5.74) is 8.02. The van der Waals surface area contributed by atoms with Crippen LogP contribution >= 0.6 is 0 Å². The highest BCUT2D eigenvalue weighted by molar-refractivity contribution is 5.97. The molecule has 3 rings (SSSR count). The van der Waals surface area contributed by atoms with Crippen LogP contribution in [0.5, 0.6) is 0 Å². The SMILES string of the molecule is CCCN1C(Nc2ccc(F)cc2)=Nc2ccccc2C1CC(N)=O. The van der Waals surface area contributed by atoms with E-state index in [1.807, 2.05) is 24.3 Å². The number of aliphatic imine (C=N–C) groups is 1. The number of halogens is 1. The first-order chi connectivity index (χ1) is 12.1. The normalized spacial score (nSPS) is 16.2. The number of nitrogens with zero attached hydrogens (tertiary/aromatic N) is 2. The molecule has 1 heterocycles. The number of rotatable bonds is 5. The summed E-state index contributed by atoms with van der Waals surface area (Å²) in [5.74, 6) is -0.0131. The molecule has 0 saturated carbocycles. The lowest BCUT2D eigenvalue weighted by Crippen LogP contribution is -2.43. The van der Waals surface area contributed by atoms with E-state index in [4.69, 9.17) is 10.7 Å². The molecule has 0 bridgehead atoms. The molecule has 25 heavy (non-hydrogen) atoms. The second-order valence-electron chi connectivity index (χ2n) is 6.01. The quantitative estimate of drug-likeness (QED) is 0.874. The van der Waals surface area contributed by atoms with Crippen molar-refractivity contribution in [1.82, 2.24) is 4.90 Å². The maximum atomic E-state index is 13.1. The lowest BCUT2D eigenvalue weighted by Gasteiger charge is -2.37. The molecule has 0 fully saturated rings. The van der Waals surface area contributed by atoms with Crippen molar-refractivity contribution in [3.63, 3.8) is 0 Å². The standard InChI is InChI=1S/C19H21FN4O/c1-2-11-24-17(12-18(21)25)15-5-3-4-6-16(15)23-19(24)22-14-9-7-13(20)8-10-14/h3-10,17H,2,11-12H2,1H3,(H2,21,25)(H,22,23). The monoisotopic (exact) mass is 340 g/mol. The highest BCUT2D eigenvalue weighted by Crippen LogP contribution is 2.37. The van der Waals surface area contributed by atoms with E-state index < -0.39 is 0 Å². The molecular weight excluding hydrogens is 319 g/mol. The summed E-state index contributed by atoms with van der Waals surface area (Å²) in [6.07, 6.45) is 1.10. The fourth-order valence-corrected chi connectivity index (χ4v) is 3.04. The van der Waals surface area contributed by atoms with Crippen LogP contribution in [0.25, 0.3) is 0 Å². The van der Waals surface area contributed by atoms with E-state index in [9.17, 15) is 9.18 Å². The third-order valence-corrected chi connectivity index (χ3v) is 4.13. The molecule has 1 atom stereocenters. The predicted octanol–water partition coefficient (Wildman–Crippen LogP) is 3.57. The maximum absolute atomic E-state index is 13.1. The van der Waals surface area contributed by atoms with Crippen molar-refractivity contribution in [1.29, 1.82) is 0 Å². The van der Waals surface area contributed by atoms with Gasteiger partial charge in [0.15, 0.2) is 0 Å². The third-order valence-electron chi connectivity index (χ3n) is 4.13. The fourth-order valence-electron chi connectivity index (χ4n) is 3.04. The minimum absolute atomic E-state index is 0.172. The Kier molecular flexibility index (Phi) is 4.97. The molecule has 2 aromatic carbocycles. The Hall–Kier alpha value is -2.89. The number of benzene rings is 2. The molecule has 1 unspecified atom stereocenters. The molecule has 0 spiro atoms. The number of nitrogens with one attached hydrogen (secondary N) is 1. The van der Waals surface area contributed by atoms with Gasteiger partial charge in [-0.05, 0) is 36.8 Å². The minimum atomic E-state index is -0.357. The van der Waals surface area contributed by atoms with Gasteiger partial charge < -0.3 is 16.0 Å². The molecule has 0 saturated heterocycles. The number of primary amides is 1. The van der Waals surface area contributed by atoms with Crippen LogP contribution in [-0.2, 0) is 4.79 Å². The number of anilines is 1. The average Bonchev–Trinajstić information content (AvgIpc) is 2.59. The predicted molar refractivity (Wildman–Crippen MR) is 97.1 cm³/mol. The van der Waals surface area contributed by atoms with E-state index in [1.54, 1.807) is 12.1 Å². The average molecular weight is 340 g/mol. The Morgan fingerprint density at radius 3 is 2.64 bits per heavy atom. The Morgan fingerprint density at radius 2 is 1.96 bits per heavy atom. The van der Waals surface area contributed by atoms with E-state index in [0.717, 1.165) is 29.9 Å². The van der Waals surface area contributed by atoms with Gasteiger partial charge in [0.1, 0.15) is 5.82 Å². The summed E-state index contributed by atoms with van der Waals surface area (Å²) in [6, 6.07) is 13.7. The largest absolute Gasteiger partial charge is 0.370 e. The molecule has 1 aliphatic heterocycles. The van der Waals surface area contributed by atoms with Gasteiger partial charge in [-0.15, -0.1) is 0 Å². The molecule has 2 aromatic rings. The number of carbonyl (C=O) groups is 1. The Labute approximate surface area is 146 Å². The number of guanidine groups is 1. The highest BCUT2D eigenvalue weighted by atomic mass is 19.1. The van der Waals surface area contributed by atoms with Gasteiger partial charge in [-0.3, -0.25) is 4.79 Å². The van der Waals surface area contributed by atoms with E-state index in [-0.39, 0.29) is 24.2 Å². The van der Waals surface area contributed by atoms with Gasteiger partial charge in [-0.2, -0.15) is 0 Å². The van der Waals surface area contributed by atoms with Crippen molar-refractivity contribution in [2.24, 2.45) is 10.7 Å². The lowest BCUT2D eigenvalue weighted by atomic mass is 9.98. The van der Waals surface area contributed by atoms with Crippen molar-refractivity contribution >= 4 is 23.2 Å². The van der Waals surface area contributed by atoms with E-state index in [2.05, 4.69) is 17.1 Å². The zero-order valence-electron chi connectivity index (χ0n) is 14.1. The minimum Gasteiger partial charge on any atom is -0.370 e. The molecular formula is C19H21FN4O. The number of hydrogen-bond acceptors (Lipinski definition) is 4. The van der Waals surface area contributed by atoms with Crippen LogP contribution in [0.3, 0.4) is 0 Å². The van der Waals surface area contributed by atoms with Crippen LogP contribution in [0, 0.1) is 5.82 Å². The number of carbonyl (C=O) groups excluding carboxylic acids is 1. The van der Waals surface area contributed by atoms with Gasteiger partial charge in [-0.1, -0.05) is 25.1 Å². The summed E-state index contributed by atoms with van der Waals surface area (Å²) in [4.78, 5) is 18.4. The maximum Gasteiger partial charge on any atom is 0.219 e. The first-order valence-electron chi connectivity index (χ1n) is 8.33. The van der Waals surface area contributed by atoms with Crippen LogP contribution in [0.4, 0.5) is 15.8 Å². The molecule has 0 aliphatic carbocycles. The summed E-state index contributed by atoms with van der Waals surface area (Å²) in [6.45, 7) is 2.79. The topological polar surface area (TPSA) is 70.7 Å². The molecule has 5 nitrogen and oxygen atoms in total. The number of amides is 1. The van der Waals surface area contributed by atoms with Crippen molar-refractivity contribution in [3.05, 3.63) is 59.9 Å². The number of hydrogen-bond donors (Lipinski definition) is 2. The number of fused-ring (bicyclic) bond motifs is 1. The van der Waals surface area contributed by atoms with Crippen molar-refractivity contribution < 1.29 is 9.18 Å². The second kappa shape index (κ2) is 7.34. The third kappa shape index (κ3) is 3.79. The van der Waals surface area contributed by atoms with Crippen molar-refractivity contribution in [2.75, 3.05) is 11.9 Å². The lowest BCUT2D eigenvalue weighted by molar-refractivity contribution is -0.119. The van der Waals surface area contributed by atoms with E-state index in [0.29, 0.717) is 5.96 Å². The van der Waals surface area contributed by atoms with Crippen molar-refractivity contribution in [2.45, 2.75) is 25.8 Å². The smallest absolute Gasteiger partial charge is 0.219 e. The highest BCUT2D eigenvalue weighted by Gasteiger charge is 2.30. The summed E-state index contributed by atoms with van der Waals surface area (Å²) in [7, 11) is 0. The van der Waals surface area contributed by atoms with Crippen LogP contribution in [0.1, 0.15) is 31.4 Å². The first kappa shape index (κ1) is 17.0. The van der Waals surface area contributed by atoms with Gasteiger partial charge in [-0.25, -0.2) is 9.38 Å². The molecule has 130 valence electrons. The zero-order chi connectivity index (χ0) is 17.8. The summed E-state index contributed by atoms with van der Waals surface area (Å²) in [5, 5.41) is 3.24. The van der Waals surface area contributed by atoms with Gasteiger partial charge in [0.25, 0.3) is 0 Å². The Morgan fingerprint density at radius 1 is 1.24 bits per heavy atom.